The van der Waals surface area contributed by atoms with Gasteiger partial charge in [0.2, 0.25) is 5.78 Å². The van der Waals surface area contributed by atoms with E-state index in [2.05, 4.69) is 5.16 Å². The molecular weight excluding hydrogens is 400 g/mol. The molecule has 2 aromatic heterocycles. The SMILES string of the molecule is COc1cc(CCC(=O)OCC(=O)c2cc(C)n(-c3cc(C)on3)c2C)cc(OC)c1. The maximum atomic E-state index is 12.6. The zero-order valence-electron chi connectivity index (χ0n) is 18.4. The molecule has 0 aliphatic heterocycles. The zero-order chi connectivity index (χ0) is 22.5. The quantitative estimate of drug-likeness (QED) is 0.380. The minimum Gasteiger partial charge on any atom is -0.497 e. The van der Waals surface area contributed by atoms with Gasteiger partial charge in [0.1, 0.15) is 17.3 Å². The topological polar surface area (TPSA) is 92.8 Å². The van der Waals surface area contributed by atoms with Crippen LogP contribution in [0.5, 0.6) is 11.5 Å². The molecule has 3 rings (SSSR count). The molecule has 164 valence electrons. The van der Waals surface area contributed by atoms with Crippen LogP contribution in [-0.2, 0) is 16.0 Å². The largest absolute Gasteiger partial charge is 0.497 e. The highest BCUT2D eigenvalue weighted by molar-refractivity contribution is 5.99. The third-order valence-electron chi connectivity index (χ3n) is 4.97. The highest BCUT2D eigenvalue weighted by atomic mass is 16.5. The van der Waals surface area contributed by atoms with Gasteiger partial charge in [0, 0.05) is 35.5 Å². The second-order valence-electron chi connectivity index (χ2n) is 7.22. The Morgan fingerprint density at radius 2 is 1.68 bits per heavy atom. The maximum Gasteiger partial charge on any atom is 0.306 e. The number of hydrogen-bond donors (Lipinski definition) is 0. The summed E-state index contributed by atoms with van der Waals surface area (Å²) in [7, 11) is 3.14. The molecule has 0 radical (unpaired) electrons. The fraction of sp³-hybridized carbons (Fsp3) is 0.348. The van der Waals surface area contributed by atoms with Crippen LogP contribution in [-0.4, -0.2) is 42.3 Å². The Morgan fingerprint density at radius 3 is 2.26 bits per heavy atom. The number of benzene rings is 1. The van der Waals surface area contributed by atoms with Gasteiger partial charge in [-0.2, -0.15) is 0 Å². The second kappa shape index (κ2) is 9.51. The molecule has 0 fully saturated rings. The summed E-state index contributed by atoms with van der Waals surface area (Å²) in [5.41, 5.74) is 2.93. The number of ether oxygens (including phenoxy) is 3. The van der Waals surface area contributed by atoms with E-state index in [0.717, 1.165) is 17.0 Å². The fourth-order valence-electron chi connectivity index (χ4n) is 3.41. The smallest absolute Gasteiger partial charge is 0.306 e. The number of nitrogens with zero attached hydrogens (tertiary/aromatic N) is 2. The number of ketones is 1. The normalized spacial score (nSPS) is 10.7. The van der Waals surface area contributed by atoms with E-state index in [-0.39, 0.29) is 18.8 Å². The van der Waals surface area contributed by atoms with Crippen LogP contribution in [0.1, 0.15) is 39.5 Å². The summed E-state index contributed by atoms with van der Waals surface area (Å²) in [4.78, 5) is 24.8. The van der Waals surface area contributed by atoms with E-state index in [1.807, 2.05) is 30.5 Å². The van der Waals surface area contributed by atoms with Crippen LogP contribution in [0.15, 0.2) is 34.9 Å². The Labute approximate surface area is 180 Å². The minimum absolute atomic E-state index is 0.140. The van der Waals surface area contributed by atoms with Crippen molar-refractivity contribution in [3.63, 3.8) is 0 Å². The molecule has 8 nitrogen and oxygen atoms in total. The Kier molecular flexibility index (Phi) is 6.79. The second-order valence-corrected chi connectivity index (χ2v) is 7.22. The molecule has 0 saturated carbocycles. The zero-order valence-corrected chi connectivity index (χ0v) is 18.4. The first-order chi connectivity index (χ1) is 14.8. The Balaban J connectivity index is 1.59. The molecular formula is C23H26N2O6. The first kappa shape index (κ1) is 22.1. The molecule has 0 aliphatic rings. The average Bonchev–Trinajstić information content (AvgIpc) is 3.31. The number of Topliss-reactive ketones (excluding diaryl/α,β-unsaturated/α-hetero) is 1. The van der Waals surface area contributed by atoms with Crippen molar-refractivity contribution in [3.8, 4) is 17.3 Å². The first-order valence-electron chi connectivity index (χ1n) is 9.85. The number of esters is 1. The highest BCUT2D eigenvalue weighted by Gasteiger charge is 2.19. The highest BCUT2D eigenvalue weighted by Crippen LogP contribution is 2.24. The van der Waals surface area contributed by atoms with E-state index in [9.17, 15) is 9.59 Å². The van der Waals surface area contributed by atoms with Crippen LogP contribution >= 0.6 is 0 Å². The predicted molar refractivity (Wildman–Crippen MR) is 113 cm³/mol. The van der Waals surface area contributed by atoms with E-state index in [4.69, 9.17) is 18.7 Å². The summed E-state index contributed by atoms with van der Waals surface area (Å²) < 4.78 is 22.6. The van der Waals surface area contributed by atoms with Crippen LogP contribution in [0.3, 0.4) is 0 Å². The van der Waals surface area contributed by atoms with Crippen molar-refractivity contribution in [2.24, 2.45) is 0 Å². The molecule has 0 N–H and O–H groups in total. The number of rotatable bonds is 9. The Bertz CT molecular complexity index is 1070. The van der Waals surface area contributed by atoms with Crippen molar-refractivity contribution < 1.29 is 28.3 Å². The third-order valence-corrected chi connectivity index (χ3v) is 4.97. The van der Waals surface area contributed by atoms with Gasteiger partial charge in [0.05, 0.1) is 14.2 Å². The van der Waals surface area contributed by atoms with Crippen molar-refractivity contribution in [3.05, 3.63) is 58.6 Å². The first-order valence-corrected chi connectivity index (χ1v) is 9.85. The number of aryl methyl sites for hydroxylation is 3. The van der Waals surface area contributed by atoms with Crippen molar-refractivity contribution in [2.45, 2.75) is 33.6 Å². The lowest BCUT2D eigenvalue weighted by Crippen LogP contribution is -2.15. The van der Waals surface area contributed by atoms with E-state index in [0.29, 0.717) is 35.1 Å². The molecule has 3 aromatic rings. The predicted octanol–water partition coefficient (Wildman–Crippen LogP) is 3.77. The van der Waals surface area contributed by atoms with Gasteiger partial charge < -0.3 is 18.7 Å². The van der Waals surface area contributed by atoms with Gasteiger partial charge in [-0.3, -0.25) is 14.2 Å². The van der Waals surface area contributed by atoms with Gasteiger partial charge in [-0.05, 0) is 51.0 Å². The molecule has 0 aliphatic carbocycles. The van der Waals surface area contributed by atoms with E-state index in [1.54, 1.807) is 39.3 Å². The van der Waals surface area contributed by atoms with Crippen LogP contribution in [0.4, 0.5) is 0 Å². The maximum absolute atomic E-state index is 12.6. The number of aromatic nitrogens is 2. The van der Waals surface area contributed by atoms with Crippen molar-refractivity contribution in [1.29, 1.82) is 0 Å². The molecule has 0 spiro atoms. The summed E-state index contributed by atoms with van der Waals surface area (Å²) >= 11 is 0. The molecule has 0 amide bonds. The lowest BCUT2D eigenvalue weighted by Gasteiger charge is -2.09. The number of hydrogen-bond acceptors (Lipinski definition) is 7. The van der Waals surface area contributed by atoms with Gasteiger partial charge in [-0.15, -0.1) is 0 Å². The number of carbonyl (C=O) groups is 2. The summed E-state index contributed by atoms with van der Waals surface area (Å²) in [5, 5.41) is 4.01. The van der Waals surface area contributed by atoms with Crippen LogP contribution in [0, 0.1) is 20.8 Å². The summed E-state index contributed by atoms with van der Waals surface area (Å²) in [5.74, 6) is 1.87. The standard InChI is InChI=1S/C23H26N2O6/c1-14-8-20(16(3)25(14)22-9-15(2)31-24-22)21(26)13-30-23(27)7-6-17-10-18(28-4)12-19(11-17)29-5/h8-12H,6-7,13H2,1-5H3. The lowest BCUT2D eigenvalue weighted by molar-refractivity contribution is -0.142. The lowest BCUT2D eigenvalue weighted by atomic mass is 10.1. The molecule has 31 heavy (non-hydrogen) atoms. The Hall–Kier alpha value is -3.55. The van der Waals surface area contributed by atoms with Gasteiger partial charge in [0.15, 0.2) is 12.4 Å². The van der Waals surface area contributed by atoms with Crippen molar-refractivity contribution in [2.75, 3.05) is 20.8 Å². The fourth-order valence-corrected chi connectivity index (χ4v) is 3.41. The van der Waals surface area contributed by atoms with Gasteiger partial charge in [-0.1, -0.05) is 5.16 Å². The number of methoxy groups -OCH3 is 2. The number of carbonyl (C=O) groups excluding carboxylic acids is 2. The van der Waals surface area contributed by atoms with Crippen molar-refractivity contribution in [1.82, 2.24) is 9.72 Å². The Morgan fingerprint density at radius 1 is 1.00 bits per heavy atom. The van der Waals surface area contributed by atoms with E-state index < -0.39 is 5.97 Å². The molecule has 1 aromatic carbocycles. The van der Waals surface area contributed by atoms with Gasteiger partial charge in [0.25, 0.3) is 0 Å². The van der Waals surface area contributed by atoms with Crippen LogP contribution in [0.25, 0.3) is 5.82 Å². The molecule has 2 heterocycles. The molecule has 0 unspecified atom stereocenters. The van der Waals surface area contributed by atoms with E-state index in [1.165, 1.54) is 0 Å². The molecule has 0 saturated heterocycles. The third kappa shape index (κ3) is 5.14. The summed E-state index contributed by atoms with van der Waals surface area (Å²) in [6.45, 7) is 5.19. The molecule has 0 bridgehead atoms. The minimum atomic E-state index is -0.448. The monoisotopic (exact) mass is 426 g/mol. The summed E-state index contributed by atoms with van der Waals surface area (Å²) in [6, 6.07) is 8.99. The molecule has 8 heteroatoms. The van der Waals surface area contributed by atoms with Crippen molar-refractivity contribution >= 4 is 11.8 Å². The van der Waals surface area contributed by atoms with E-state index >= 15 is 0 Å². The summed E-state index contributed by atoms with van der Waals surface area (Å²) in [6.07, 6.45) is 0.585. The van der Waals surface area contributed by atoms with Crippen LogP contribution < -0.4 is 9.47 Å². The van der Waals surface area contributed by atoms with Gasteiger partial charge >= 0.3 is 5.97 Å². The average molecular weight is 426 g/mol. The molecule has 0 atom stereocenters. The van der Waals surface area contributed by atoms with Crippen LogP contribution in [0.2, 0.25) is 0 Å². The van der Waals surface area contributed by atoms with Gasteiger partial charge in [-0.25, -0.2) is 0 Å².